The summed E-state index contributed by atoms with van der Waals surface area (Å²) in [5.41, 5.74) is 8.09. The maximum atomic E-state index is 12.6. The molecule has 1 aliphatic rings. The summed E-state index contributed by atoms with van der Waals surface area (Å²) in [6.07, 6.45) is 2.59. The van der Waals surface area contributed by atoms with Crippen LogP contribution in [0.25, 0.3) is 0 Å². The molecule has 0 aliphatic carbocycles. The lowest BCUT2D eigenvalue weighted by Crippen LogP contribution is -2.48. The van der Waals surface area contributed by atoms with Gasteiger partial charge < -0.3 is 16.0 Å². The predicted molar refractivity (Wildman–Crippen MR) is 90.7 cm³/mol. The number of hydrogen-bond acceptors (Lipinski definition) is 3. The molecule has 1 heterocycles. The van der Waals surface area contributed by atoms with Crippen molar-refractivity contribution in [1.82, 2.24) is 10.2 Å². The number of likely N-dealkylation sites (tertiary alicyclic amines) is 1. The monoisotopic (exact) mass is 317 g/mol. The highest BCUT2D eigenvalue weighted by Crippen LogP contribution is 2.21. The minimum absolute atomic E-state index is 0.0493. The number of benzene rings is 1. The molecule has 0 radical (unpaired) electrons. The van der Waals surface area contributed by atoms with Gasteiger partial charge >= 0.3 is 0 Å². The van der Waals surface area contributed by atoms with Gasteiger partial charge in [-0.3, -0.25) is 9.59 Å². The Morgan fingerprint density at radius 1 is 1.35 bits per heavy atom. The number of amides is 2. The van der Waals surface area contributed by atoms with Gasteiger partial charge in [0, 0.05) is 19.6 Å². The van der Waals surface area contributed by atoms with Crippen LogP contribution in [0.4, 0.5) is 0 Å². The summed E-state index contributed by atoms with van der Waals surface area (Å²) in [6, 6.07) is 7.05. The van der Waals surface area contributed by atoms with Crippen LogP contribution >= 0.6 is 0 Å². The predicted octanol–water partition coefficient (Wildman–Crippen LogP) is 1.76. The van der Waals surface area contributed by atoms with Crippen LogP contribution in [0.5, 0.6) is 0 Å². The molecular formula is C18H27N3O2. The quantitative estimate of drug-likeness (QED) is 0.869. The number of hydrogen-bond donors (Lipinski definition) is 2. The standard InChI is InChI=1S/C18H27N3O2/c1-3-10-20-17(22)15-5-4-11-21(12-15)18(23)16(19)14-8-6-13(2)7-9-14/h6-9,15-16H,3-5,10-12,19H2,1-2H3,(H,20,22). The Balaban J connectivity index is 1.98. The van der Waals surface area contributed by atoms with Crippen molar-refractivity contribution in [3.63, 3.8) is 0 Å². The van der Waals surface area contributed by atoms with Crippen LogP contribution in [0.2, 0.25) is 0 Å². The Hall–Kier alpha value is -1.88. The highest BCUT2D eigenvalue weighted by molar-refractivity contribution is 5.85. The molecule has 5 nitrogen and oxygen atoms in total. The van der Waals surface area contributed by atoms with Crippen molar-refractivity contribution in [2.45, 2.75) is 39.2 Å². The van der Waals surface area contributed by atoms with Crippen molar-refractivity contribution in [2.75, 3.05) is 19.6 Å². The van der Waals surface area contributed by atoms with Crippen LogP contribution in [-0.2, 0) is 9.59 Å². The van der Waals surface area contributed by atoms with Crippen molar-refractivity contribution < 1.29 is 9.59 Å². The third-order valence-corrected chi connectivity index (χ3v) is 4.36. The normalized spacial score (nSPS) is 19.3. The Bertz CT molecular complexity index is 542. The molecule has 23 heavy (non-hydrogen) atoms. The molecule has 126 valence electrons. The second-order valence-corrected chi connectivity index (χ2v) is 6.30. The minimum Gasteiger partial charge on any atom is -0.356 e. The van der Waals surface area contributed by atoms with Crippen LogP contribution in [0.1, 0.15) is 43.4 Å². The minimum atomic E-state index is -0.659. The van der Waals surface area contributed by atoms with Crippen LogP contribution in [0, 0.1) is 12.8 Å². The van der Waals surface area contributed by atoms with E-state index in [-0.39, 0.29) is 17.7 Å². The third kappa shape index (κ3) is 4.55. The van der Waals surface area contributed by atoms with E-state index in [0.29, 0.717) is 19.6 Å². The van der Waals surface area contributed by atoms with E-state index in [1.807, 2.05) is 38.1 Å². The topological polar surface area (TPSA) is 75.4 Å². The second kappa shape index (κ2) is 8.11. The summed E-state index contributed by atoms with van der Waals surface area (Å²) in [6.45, 7) is 5.86. The van der Waals surface area contributed by atoms with Crippen LogP contribution in [0.15, 0.2) is 24.3 Å². The van der Waals surface area contributed by atoms with E-state index in [9.17, 15) is 9.59 Å². The molecule has 1 saturated heterocycles. The number of nitrogens with one attached hydrogen (secondary N) is 1. The Labute approximate surface area is 138 Å². The molecule has 3 N–H and O–H groups in total. The zero-order chi connectivity index (χ0) is 16.8. The van der Waals surface area contributed by atoms with Gasteiger partial charge in [-0.2, -0.15) is 0 Å². The van der Waals surface area contributed by atoms with Crippen molar-refractivity contribution in [1.29, 1.82) is 0 Å². The summed E-state index contributed by atoms with van der Waals surface area (Å²) in [5.74, 6) is -0.167. The average Bonchev–Trinajstić information content (AvgIpc) is 2.59. The summed E-state index contributed by atoms with van der Waals surface area (Å²) in [4.78, 5) is 26.5. The molecule has 0 saturated carbocycles. The lowest BCUT2D eigenvalue weighted by atomic mass is 9.95. The van der Waals surface area contributed by atoms with Crippen molar-refractivity contribution in [2.24, 2.45) is 11.7 Å². The van der Waals surface area contributed by atoms with Gasteiger partial charge in [0.1, 0.15) is 6.04 Å². The maximum Gasteiger partial charge on any atom is 0.244 e. The fourth-order valence-electron chi connectivity index (χ4n) is 2.90. The fraction of sp³-hybridized carbons (Fsp3) is 0.556. The van der Waals surface area contributed by atoms with E-state index in [2.05, 4.69) is 5.32 Å². The summed E-state index contributed by atoms with van der Waals surface area (Å²) >= 11 is 0. The van der Waals surface area contributed by atoms with Gasteiger partial charge in [-0.05, 0) is 31.7 Å². The number of carbonyl (C=O) groups is 2. The summed E-state index contributed by atoms with van der Waals surface area (Å²) in [7, 11) is 0. The van der Waals surface area contributed by atoms with Gasteiger partial charge in [0.05, 0.1) is 5.92 Å². The molecule has 5 heteroatoms. The molecule has 0 spiro atoms. The third-order valence-electron chi connectivity index (χ3n) is 4.36. The maximum absolute atomic E-state index is 12.6. The van der Waals surface area contributed by atoms with Gasteiger partial charge in [0.2, 0.25) is 11.8 Å². The highest BCUT2D eigenvalue weighted by Gasteiger charge is 2.30. The Morgan fingerprint density at radius 2 is 2.04 bits per heavy atom. The number of carbonyl (C=O) groups excluding carboxylic acids is 2. The lowest BCUT2D eigenvalue weighted by Gasteiger charge is -2.33. The van der Waals surface area contributed by atoms with Crippen molar-refractivity contribution in [3.8, 4) is 0 Å². The van der Waals surface area contributed by atoms with Crippen LogP contribution in [-0.4, -0.2) is 36.3 Å². The largest absolute Gasteiger partial charge is 0.356 e. The Morgan fingerprint density at radius 3 is 2.70 bits per heavy atom. The lowest BCUT2D eigenvalue weighted by molar-refractivity contribution is -0.137. The highest BCUT2D eigenvalue weighted by atomic mass is 16.2. The van der Waals surface area contributed by atoms with E-state index in [1.54, 1.807) is 4.90 Å². The van der Waals surface area contributed by atoms with Crippen LogP contribution < -0.4 is 11.1 Å². The van der Waals surface area contributed by atoms with Gasteiger partial charge in [-0.1, -0.05) is 36.8 Å². The van der Waals surface area contributed by atoms with E-state index >= 15 is 0 Å². The zero-order valence-electron chi connectivity index (χ0n) is 14.0. The summed E-state index contributed by atoms with van der Waals surface area (Å²) in [5, 5.41) is 2.92. The SMILES string of the molecule is CCCNC(=O)C1CCCN(C(=O)C(N)c2ccc(C)cc2)C1. The van der Waals surface area contributed by atoms with Crippen LogP contribution in [0.3, 0.4) is 0 Å². The van der Waals surface area contributed by atoms with Gasteiger partial charge in [-0.15, -0.1) is 0 Å². The van der Waals surface area contributed by atoms with E-state index in [4.69, 9.17) is 5.73 Å². The van der Waals surface area contributed by atoms with Gasteiger partial charge in [0.15, 0.2) is 0 Å². The van der Waals surface area contributed by atoms with E-state index < -0.39 is 6.04 Å². The molecule has 2 amide bonds. The van der Waals surface area contributed by atoms with E-state index in [1.165, 1.54) is 0 Å². The first-order valence-electron chi connectivity index (χ1n) is 8.41. The summed E-state index contributed by atoms with van der Waals surface area (Å²) < 4.78 is 0. The van der Waals surface area contributed by atoms with Crippen molar-refractivity contribution in [3.05, 3.63) is 35.4 Å². The van der Waals surface area contributed by atoms with Crippen molar-refractivity contribution >= 4 is 11.8 Å². The fourth-order valence-corrected chi connectivity index (χ4v) is 2.90. The molecule has 2 unspecified atom stereocenters. The molecule has 1 fully saturated rings. The average molecular weight is 317 g/mol. The second-order valence-electron chi connectivity index (χ2n) is 6.30. The Kier molecular flexibility index (Phi) is 6.16. The molecule has 2 rings (SSSR count). The number of aryl methyl sites for hydroxylation is 1. The smallest absolute Gasteiger partial charge is 0.244 e. The molecule has 2 atom stereocenters. The molecule has 1 aliphatic heterocycles. The van der Waals surface area contributed by atoms with Gasteiger partial charge in [-0.25, -0.2) is 0 Å². The number of nitrogens with zero attached hydrogens (tertiary/aromatic N) is 1. The number of rotatable bonds is 5. The number of nitrogens with two attached hydrogens (primary N) is 1. The molecule has 1 aromatic carbocycles. The molecule has 1 aromatic rings. The molecular weight excluding hydrogens is 290 g/mol. The van der Waals surface area contributed by atoms with Gasteiger partial charge in [0.25, 0.3) is 0 Å². The first-order valence-corrected chi connectivity index (χ1v) is 8.41. The first kappa shape index (κ1) is 17.5. The zero-order valence-corrected chi connectivity index (χ0v) is 14.0. The first-order chi connectivity index (χ1) is 11.0. The molecule has 0 aromatic heterocycles. The molecule has 0 bridgehead atoms. The van der Waals surface area contributed by atoms with E-state index in [0.717, 1.165) is 30.4 Å². The number of piperidine rings is 1.